The maximum atomic E-state index is 10.4. The monoisotopic (exact) mass is 254 g/mol. The lowest BCUT2D eigenvalue weighted by molar-refractivity contribution is -0.0125. The van der Waals surface area contributed by atoms with Gasteiger partial charge in [0, 0.05) is 25.2 Å². The number of hydrogen-bond acceptors (Lipinski definition) is 3. The van der Waals surface area contributed by atoms with Crippen LogP contribution in [0, 0.1) is 5.92 Å². The van der Waals surface area contributed by atoms with Crippen LogP contribution >= 0.6 is 0 Å². The van der Waals surface area contributed by atoms with Crippen LogP contribution in [0.1, 0.15) is 46.0 Å². The highest BCUT2D eigenvalue weighted by atomic mass is 16.3. The van der Waals surface area contributed by atoms with E-state index < -0.39 is 0 Å². The minimum atomic E-state index is -0.0985. The zero-order valence-corrected chi connectivity index (χ0v) is 12.3. The highest BCUT2D eigenvalue weighted by Crippen LogP contribution is 2.31. The third-order valence-corrected chi connectivity index (χ3v) is 4.99. The molecule has 1 saturated heterocycles. The van der Waals surface area contributed by atoms with E-state index in [9.17, 15) is 5.11 Å². The molecule has 1 aliphatic heterocycles. The predicted molar refractivity (Wildman–Crippen MR) is 75.7 cm³/mol. The fourth-order valence-electron chi connectivity index (χ4n) is 3.83. The van der Waals surface area contributed by atoms with Crippen LogP contribution in [0.5, 0.6) is 0 Å². The van der Waals surface area contributed by atoms with Crippen LogP contribution in [-0.2, 0) is 0 Å². The molecule has 3 nitrogen and oxygen atoms in total. The Balaban J connectivity index is 2.02. The van der Waals surface area contributed by atoms with E-state index >= 15 is 0 Å². The first-order chi connectivity index (χ1) is 8.61. The third-order valence-electron chi connectivity index (χ3n) is 4.99. The van der Waals surface area contributed by atoms with Crippen molar-refractivity contribution in [1.82, 2.24) is 9.80 Å². The van der Waals surface area contributed by atoms with Gasteiger partial charge < -0.3 is 10.0 Å². The Morgan fingerprint density at radius 2 is 2.00 bits per heavy atom. The number of aliphatic hydroxyl groups is 1. The Hall–Kier alpha value is -0.120. The lowest BCUT2D eigenvalue weighted by Gasteiger charge is -2.43. The summed E-state index contributed by atoms with van der Waals surface area (Å²) in [6.45, 7) is 8.10. The summed E-state index contributed by atoms with van der Waals surface area (Å²) in [6, 6.07) is 0.984. The van der Waals surface area contributed by atoms with E-state index in [1.807, 2.05) is 0 Å². The molecule has 0 spiro atoms. The second kappa shape index (κ2) is 6.36. The number of likely N-dealkylation sites (N-methyl/N-ethyl adjacent to an activating group) is 1. The van der Waals surface area contributed by atoms with Crippen molar-refractivity contribution in [2.75, 3.05) is 26.7 Å². The van der Waals surface area contributed by atoms with Crippen LogP contribution in [0.4, 0.5) is 0 Å². The SMILES string of the molecule is CCC1CCC(O)C(N2CCCN(C)CC2C)C1. The molecule has 2 fully saturated rings. The second-order valence-corrected chi connectivity index (χ2v) is 6.42. The van der Waals surface area contributed by atoms with Crippen molar-refractivity contribution in [3.63, 3.8) is 0 Å². The molecular weight excluding hydrogens is 224 g/mol. The van der Waals surface area contributed by atoms with Crippen molar-refractivity contribution in [3.05, 3.63) is 0 Å². The van der Waals surface area contributed by atoms with Crippen LogP contribution < -0.4 is 0 Å². The van der Waals surface area contributed by atoms with E-state index in [-0.39, 0.29) is 6.10 Å². The molecule has 4 atom stereocenters. The van der Waals surface area contributed by atoms with E-state index in [2.05, 4.69) is 30.7 Å². The van der Waals surface area contributed by atoms with Crippen molar-refractivity contribution in [1.29, 1.82) is 0 Å². The summed E-state index contributed by atoms with van der Waals surface area (Å²) in [5.41, 5.74) is 0. The van der Waals surface area contributed by atoms with Gasteiger partial charge in [-0.15, -0.1) is 0 Å². The Morgan fingerprint density at radius 1 is 1.22 bits per heavy atom. The summed E-state index contributed by atoms with van der Waals surface area (Å²) >= 11 is 0. The molecule has 1 heterocycles. The molecule has 0 aromatic heterocycles. The molecule has 1 saturated carbocycles. The van der Waals surface area contributed by atoms with Crippen molar-refractivity contribution < 1.29 is 5.11 Å². The summed E-state index contributed by atoms with van der Waals surface area (Å²) in [4.78, 5) is 5.02. The lowest BCUT2D eigenvalue weighted by Crippen LogP contribution is -2.52. The quantitative estimate of drug-likeness (QED) is 0.816. The van der Waals surface area contributed by atoms with Gasteiger partial charge in [-0.2, -0.15) is 0 Å². The van der Waals surface area contributed by atoms with Gasteiger partial charge in [0.05, 0.1) is 6.10 Å². The number of rotatable bonds is 2. The van der Waals surface area contributed by atoms with Crippen LogP contribution in [0.2, 0.25) is 0 Å². The number of aliphatic hydroxyl groups excluding tert-OH is 1. The summed E-state index contributed by atoms with van der Waals surface area (Å²) in [5.74, 6) is 0.826. The fourth-order valence-corrected chi connectivity index (χ4v) is 3.83. The maximum Gasteiger partial charge on any atom is 0.0695 e. The zero-order chi connectivity index (χ0) is 13.1. The van der Waals surface area contributed by atoms with Crippen molar-refractivity contribution in [3.8, 4) is 0 Å². The van der Waals surface area contributed by atoms with Gasteiger partial charge in [0.25, 0.3) is 0 Å². The Kier molecular flexibility index (Phi) is 5.05. The molecule has 1 N–H and O–H groups in total. The number of hydrogen-bond donors (Lipinski definition) is 1. The first-order valence-corrected chi connectivity index (χ1v) is 7.74. The summed E-state index contributed by atoms with van der Waals surface area (Å²) in [6.07, 6.45) is 5.83. The molecule has 2 rings (SSSR count). The van der Waals surface area contributed by atoms with E-state index in [4.69, 9.17) is 0 Å². The molecule has 0 radical (unpaired) electrons. The molecule has 0 bridgehead atoms. The molecule has 0 amide bonds. The van der Waals surface area contributed by atoms with Crippen LogP contribution in [0.15, 0.2) is 0 Å². The molecule has 1 aliphatic carbocycles. The van der Waals surface area contributed by atoms with Gasteiger partial charge in [0.2, 0.25) is 0 Å². The molecule has 3 heteroatoms. The van der Waals surface area contributed by atoms with E-state index in [0.717, 1.165) is 25.4 Å². The van der Waals surface area contributed by atoms with E-state index in [0.29, 0.717) is 12.1 Å². The van der Waals surface area contributed by atoms with Crippen molar-refractivity contribution >= 4 is 0 Å². The first-order valence-electron chi connectivity index (χ1n) is 7.74. The molecule has 2 aliphatic rings. The molecule has 0 aromatic carbocycles. The van der Waals surface area contributed by atoms with Gasteiger partial charge >= 0.3 is 0 Å². The Labute approximate surface area is 112 Å². The Bertz CT molecular complexity index is 259. The fraction of sp³-hybridized carbons (Fsp3) is 1.00. The molecule has 4 unspecified atom stereocenters. The summed E-state index contributed by atoms with van der Waals surface area (Å²) in [5, 5.41) is 10.4. The maximum absolute atomic E-state index is 10.4. The minimum absolute atomic E-state index is 0.0985. The average Bonchev–Trinajstić information content (AvgIpc) is 2.51. The third kappa shape index (κ3) is 3.25. The Morgan fingerprint density at radius 3 is 2.72 bits per heavy atom. The molecular formula is C15H30N2O. The molecule has 0 aromatic rings. The van der Waals surface area contributed by atoms with E-state index in [1.54, 1.807) is 0 Å². The highest BCUT2D eigenvalue weighted by molar-refractivity contribution is 4.90. The van der Waals surface area contributed by atoms with Gasteiger partial charge in [-0.3, -0.25) is 4.90 Å². The lowest BCUT2D eigenvalue weighted by atomic mass is 9.81. The number of nitrogens with zero attached hydrogens (tertiary/aromatic N) is 2. The normalized spacial score (nSPS) is 40.7. The zero-order valence-electron chi connectivity index (χ0n) is 12.3. The van der Waals surface area contributed by atoms with Gasteiger partial charge in [-0.05, 0) is 52.1 Å². The smallest absolute Gasteiger partial charge is 0.0695 e. The van der Waals surface area contributed by atoms with Crippen molar-refractivity contribution in [2.45, 2.75) is 64.1 Å². The van der Waals surface area contributed by atoms with Gasteiger partial charge in [0.1, 0.15) is 0 Å². The first kappa shape index (κ1) is 14.3. The predicted octanol–water partition coefficient (Wildman–Crippen LogP) is 1.95. The van der Waals surface area contributed by atoms with Crippen molar-refractivity contribution in [2.24, 2.45) is 5.92 Å². The van der Waals surface area contributed by atoms with Gasteiger partial charge in [-0.25, -0.2) is 0 Å². The standard InChI is InChI=1S/C15H30N2O/c1-4-13-6-7-15(18)14(10-13)17-9-5-8-16(3)11-12(17)2/h12-15,18H,4-11H2,1-3H3. The minimum Gasteiger partial charge on any atom is -0.391 e. The van der Waals surface area contributed by atoms with Crippen LogP contribution in [-0.4, -0.2) is 59.8 Å². The van der Waals surface area contributed by atoms with Gasteiger partial charge in [-0.1, -0.05) is 13.3 Å². The highest BCUT2D eigenvalue weighted by Gasteiger charge is 2.35. The average molecular weight is 254 g/mol. The molecule has 106 valence electrons. The topological polar surface area (TPSA) is 26.7 Å². The summed E-state index contributed by atoms with van der Waals surface area (Å²) in [7, 11) is 2.21. The van der Waals surface area contributed by atoms with Crippen LogP contribution in [0.3, 0.4) is 0 Å². The second-order valence-electron chi connectivity index (χ2n) is 6.42. The summed E-state index contributed by atoms with van der Waals surface area (Å²) < 4.78 is 0. The largest absolute Gasteiger partial charge is 0.391 e. The molecule has 18 heavy (non-hydrogen) atoms. The van der Waals surface area contributed by atoms with E-state index in [1.165, 1.54) is 32.2 Å². The van der Waals surface area contributed by atoms with Gasteiger partial charge in [0.15, 0.2) is 0 Å². The van der Waals surface area contributed by atoms with Crippen LogP contribution in [0.25, 0.3) is 0 Å².